The van der Waals surface area contributed by atoms with Crippen LogP contribution in [0, 0.1) is 11.8 Å². The van der Waals surface area contributed by atoms with Gasteiger partial charge in [-0.1, -0.05) is 64.1 Å². The summed E-state index contributed by atoms with van der Waals surface area (Å²) >= 11 is 0. The number of benzene rings is 2. The smallest absolute Gasteiger partial charge is 0.407 e. The number of amides is 4. The molecule has 6 aliphatic rings. The number of rotatable bonds is 11. The zero-order chi connectivity index (χ0) is 43.3. The maximum atomic E-state index is 15.0. The fraction of sp³-hybridized carbons (Fsp3) is 0.532. The number of hydrogen-bond acceptors (Lipinski definition) is 8. The van der Waals surface area contributed by atoms with Gasteiger partial charge in [0.25, 0.3) is 0 Å². The number of carbonyl (C=O) groups excluding carboxylic acids is 4. The van der Waals surface area contributed by atoms with Gasteiger partial charge in [0.05, 0.1) is 39.4 Å². The lowest BCUT2D eigenvalue weighted by Gasteiger charge is -2.31. The van der Waals surface area contributed by atoms with Crippen LogP contribution in [0.2, 0.25) is 0 Å². The number of alkyl halides is 2. The molecule has 4 amide bonds. The first kappa shape index (κ1) is 42.3. The minimum absolute atomic E-state index is 0.0434. The van der Waals surface area contributed by atoms with Gasteiger partial charge in [0.15, 0.2) is 0 Å². The van der Waals surface area contributed by atoms with Gasteiger partial charge in [0.2, 0.25) is 11.8 Å². The van der Waals surface area contributed by atoms with Gasteiger partial charge < -0.3 is 29.9 Å². The van der Waals surface area contributed by atoms with Gasteiger partial charge in [0.1, 0.15) is 24.4 Å². The van der Waals surface area contributed by atoms with E-state index < -0.39 is 48.7 Å². The topological polar surface area (TPSA) is 142 Å². The van der Waals surface area contributed by atoms with Crippen LogP contribution < -0.4 is 10.6 Å². The van der Waals surface area contributed by atoms with Gasteiger partial charge in [-0.05, 0) is 87.5 Å². The number of likely N-dealkylation sites (tertiary alicyclic amines) is 2. The molecule has 2 bridgehead atoms. The molecule has 2 unspecified atom stereocenters. The lowest BCUT2D eigenvalue weighted by atomic mass is 9.80. The molecule has 2 saturated heterocycles. The number of allylic oxidation sites excluding steroid dienone is 2. The van der Waals surface area contributed by atoms with Crippen molar-refractivity contribution >= 4 is 46.6 Å². The van der Waals surface area contributed by atoms with Gasteiger partial charge in [-0.3, -0.25) is 19.6 Å². The van der Waals surface area contributed by atoms with Crippen molar-refractivity contribution in [2.75, 3.05) is 27.3 Å². The zero-order valence-electron chi connectivity index (χ0n) is 35.8. The van der Waals surface area contributed by atoms with Gasteiger partial charge in [-0.25, -0.2) is 18.4 Å². The quantitative estimate of drug-likeness (QED) is 0.237. The molecule has 2 aromatic carbocycles. The van der Waals surface area contributed by atoms with E-state index in [4.69, 9.17) is 19.5 Å². The summed E-state index contributed by atoms with van der Waals surface area (Å²) in [6.45, 7) is 7.24. The Kier molecular flexibility index (Phi) is 11.9. The predicted molar refractivity (Wildman–Crippen MR) is 230 cm³/mol. The van der Waals surface area contributed by atoms with Crippen molar-refractivity contribution < 1.29 is 37.4 Å². The second kappa shape index (κ2) is 17.2. The molecule has 8 atom stereocenters. The summed E-state index contributed by atoms with van der Waals surface area (Å²) < 4.78 is 39.5. The number of methoxy groups -OCH3 is 2. The molecule has 2 N–H and O–H groups in total. The Morgan fingerprint density at radius 2 is 1.08 bits per heavy atom. The first-order chi connectivity index (χ1) is 29.3. The Morgan fingerprint density at radius 3 is 1.57 bits per heavy atom. The van der Waals surface area contributed by atoms with Crippen LogP contribution in [0.15, 0.2) is 58.8 Å². The summed E-state index contributed by atoms with van der Waals surface area (Å²) in [4.78, 5) is 64.1. The van der Waals surface area contributed by atoms with Gasteiger partial charge >= 0.3 is 12.2 Å². The standard InChI is InChI=1S/C47H56F2N6O6/c1-24(2)42(52-46(58)60-5)44(56)54-22-32(48)18-38(54)36-16-30(20-50-36)26-7-9-27(10-8-26)34-13-14-35(41-29-12-11-28(15-29)40(34)41)31-17-37(51-21-31)39-19-33(49)23-55(39)45(57)43(25(3)4)53-47(59)61-6/h7-10,13-14,20-21,24-25,28-29,32-33,38-39,42-43H,11-12,15-19,22-23H2,1-6H3,(H,52,58)(H,53,59)/t28?,29?,32-,33+,38-,39-,42-,43-/m0/s1. The number of aliphatic imine (C=N–C) groups is 2. The van der Waals surface area contributed by atoms with Crippen molar-refractivity contribution in [3.63, 3.8) is 0 Å². The molecule has 3 fully saturated rings. The number of halogens is 2. The van der Waals surface area contributed by atoms with Crippen LogP contribution in [-0.4, -0.2) is 109 Å². The highest BCUT2D eigenvalue weighted by Crippen LogP contribution is 2.58. The third-order valence-corrected chi connectivity index (χ3v) is 13.6. The van der Waals surface area contributed by atoms with Crippen molar-refractivity contribution in [1.29, 1.82) is 0 Å². The van der Waals surface area contributed by atoms with Crippen molar-refractivity contribution in [2.45, 2.75) is 121 Å². The molecule has 0 spiro atoms. The van der Waals surface area contributed by atoms with Gasteiger partial charge in [-0.2, -0.15) is 0 Å². The van der Waals surface area contributed by atoms with Crippen LogP contribution in [0.3, 0.4) is 0 Å². The number of nitrogens with zero attached hydrogens (tertiary/aromatic N) is 4. The second-order valence-corrected chi connectivity index (χ2v) is 18.1. The zero-order valence-corrected chi connectivity index (χ0v) is 35.8. The third-order valence-electron chi connectivity index (χ3n) is 13.6. The van der Waals surface area contributed by atoms with Crippen molar-refractivity contribution in [1.82, 2.24) is 20.4 Å². The molecule has 324 valence electrons. The molecule has 61 heavy (non-hydrogen) atoms. The Balaban J connectivity index is 0.966. The number of alkyl carbamates (subject to hydrolysis) is 2. The predicted octanol–water partition coefficient (Wildman–Crippen LogP) is 7.73. The fourth-order valence-corrected chi connectivity index (χ4v) is 10.5. The average molecular weight is 839 g/mol. The highest BCUT2D eigenvalue weighted by molar-refractivity contribution is 6.05. The summed E-state index contributed by atoms with van der Waals surface area (Å²) in [5, 5.41) is 5.26. The lowest BCUT2D eigenvalue weighted by Crippen LogP contribution is -2.53. The molecule has 4 heterocycles. The number of hydrogen-bond donors (Lipinski definition) is 2. The number of fused-ring (bicyclic) bond motifs is 5. The summed E-state index contributed by atoms with van der Waals surface area (Å²) in [6.07, 6.45) is 4.67. The third kappa shape index (κ3) is 8.10. The van der Waals surface area contributed by atoms with E-state index in [0.717, 1.165) is 53.0 Å². The highest BCUT2D eigenvalue weighted by atomic mass is 19.1. The molecule has 0 radical (unpaired) electrons. The monoisotopic (exact) mass is 838 g/mol. The average Bonchev–Trinajstić information content (AvgIpc) is 4.12. The SMILES string of the molecule is COC(=O)N[C@H](C(=O)N1C[C@H](F)C[C@H]1C1=NC=C(c2ccc(-c3ccc(C4=CN=C([C@@H]5C[C@H](F)CN5C(=O)[C@@H](NC(=O)OC)C(C)C)C4)cc3)c3c2C2CCC3C2)C1)C(C)C. The summed E-state index contributed by atoms with van der Waals surface area (Å²) in [7, 11) is 2.49. The largest absolute Gasteiger partial charge is 0.453 e. The van der Waals surface area contributed by atoms with Crippen LogP contribution in [-0.2, 0) is 19.1 Å². The van der Waals surface area contributed by atoms with E-state index in [2.05, 4.69) is 47.0 Å². The van der Waals surface area contributed by atoms with E-state index in [1.807, 2.05) is 40.1 Å². The molecular weight excluding hydrogens is 783 g/mol. The first-order valence-electron chi connectivity index (χ1n) is 21.6. The van der Waals surface area contributed by atoms with E-state index in [1.54, 1.807) is 4.90 Å². The molecule has 12 nitrogen and oxygen atoms in total. The van der Waals surface area contributed by atoms with Crippen molar-refractivity contribution in [2.24, 2.45) is 21.8 Å². The Morgan fingerprint density at radius 1 is 0.639 bits per heavy atom. The minimum Gasteiger partial charge on any atom is -0.453 e. The Bertz CT molecular complexity index is 2220. The molecule has 8 rings (SSSR count). The van der Waals surface area contributed by atoms with Crippen LogP contribution >= 0.6 is 0 Å². The first-order valence-corrected chi connectivity index (χ1v) is 21.6. The summed E-state index contributed by atoms with van der Waals surface area (Å²) in [5.41, 5.74) is 10.9. The minimum atomic E-state index is -1.19. The number of nitrogens with one attached hydrogen (secondary N) is 2. The van der Waals surface area contributed by atoms with Crippen LogP contribution in [0.5, 0.6) is 0 Å². The Hall–Kier alpha value is -5.40. The van der Waals surface area contributed by atoms with Gasteiger partial charge in [-0.15, -0.1) is 0 Å². The van der Waals surface area contributed by atoms with E-state index in [1.165, 1.54) is 41.4 Å². The van der Waals surface area contributed by atoms with Crippen LogP contribution in [0.25, 0.3) is 22.3 Å². The summed E-state index contributed by atoms with van der Waals surface area (Å²) in [5.74, 6) is -0.206. The van der Waals surface area contributed by atoms with E-state index in [0.29, 0.717) is 24.7 Å². The molecule has 1 saturated carbocycles. The fourth-order valence-electron chi connectivity index (χ4n) is 10.5. The molecule has 2 aromatic rings. The van der Waals surface area contributed by atoms with E-state index in [9.17, 15) is 23.6 Å². The molecule has 0 aromatic heterocycles. The second-order valence-electron chi connectivity index (χ2n) is 18.1. The lowest BCUT2D eigenvalue weighted by molar-refractivity contribution is -0.135. The van der Waals surface area contributed by atoms with E-state index in [-0.39, 0.29) is 49.6 Å². The molecular formula is C47H56F2N6O6. The van der Waals surface area contributed by atoms with Crippen LogP contribution in [0.4, 0.5) is 18.4 Å². The van der Waals surface area contributed by atoms with E-state index >= 15 is 4.39 Å². The number of carbonyl (C=O) groups is 4. The maximum Gasteiger partial charge on any atom is 0.407 e. The number of ether oxygens (including phenoxy) is 2. The highest BCUT2D eigenvalue weighted by Gasteiger charge is 2.45. The molecule has 14 heteroatoms. The van der Waals surface area contributed by atoms with Gasteiger partial charge in [0, 0.05) is 49.5 Å². The molecule has 4 aliphatic heterocycles. The van der Waals surface area contributed by atoms with Crippen molar-refractivity contribution in [3.8, 4) is 11.1 Å². The Labute approximate surface area is 355 Å². The maximum absolute atomic E-state index is 15.0. The normalized spacial score (nSPS) is 26.2. The van der Waals surface area contributed by atoms with Crippen molar-refractivity contribution in [3.05, 3.63) is 71.1 Å². The molecule has 2 aliphatic carbocycles. The summed E-state index contributed by atoms with van der Waals surface area (Å²) in [6, 6.07) is 10.2. The van der Waals surface area contributed by atoms with Crippen LogP contribution in [0.1, 0.15) is 107 Å².